The first kappa shape index (κ1) is 27.4. The number of nitrogens with one attached hydrogen (secondary N) is 1. The van der Waals surface area contributed by atoms with Crippen LogP contribution in [0.1, 0.15) is 55.1 Å². The number of anilines is 1. The molecule has 1 aliphatic carbocycles. The zero-order chi connectivity index (χ0) is 27.1. The molecule has 202 valence electrons. The Morgan fingerprint density at radius 2 is 1.89 bits per heavy atom. The maximum Gasteiger partial charge on any atom is 0.414 e. The summed E-state index contributed by atoms with van der Waals surface area (Å²) >= 11 is 0. The highest BCUT2D eigenvalue weighted by atomic mass is 16.6. The van der Waals surface area contributed by atoms with Crippen molar-refractivity contribution in [2.75, 3.05) is 44.2 Å². The Morgan fingerprint density at radius 1 is 1.13 bits per heavy atom. The molecule has 0 unspecified atom stereocenters. The number of hydrogen-bond acceptors (Lipinski definition) is 6. The highest BCUT2D eigenvalue weighted by Crippen LogP contribution is 2.31. The van der Waals surface area contributed by atoms with Crippen LogP contribution in [0, 0.1) is 0 Å². The molecule has 8 nitrogen and oxygen atoms in total. The molecule has 1 heterocycles. The Balaban J connectivity index is 1.42. The Bertz CT molecular complexity index is 1190. The number of nitrogens with zero attached hydrogens (tertiary/aromatic N) is 2. The summed E-state index contributed by atoms with van der Waals surface area (Å²) in [6, 6.07) is 13.4. The number of fused-ring (bicyclic) bond motifs is 1. The van der Waals surface area contributed by atoms with E-state index in [1.54, 1.807) is 11.0 Å². The number of aryl methyl sites for hydroxylation is 1. The van der Waals surface area contributed by atoms with Crippen LogP contribution in [0.4, 0.5) is 10.5 Å². The molecular weight excluding hydrogens is 482 g/mol. The summed E-state index contributed by atoms with van der Waals surface area (Å²) in [6.07, 6.45) is 3.41. The summed E-state index contributed by atoms with van der Waals surface area (Å²) in [7, 11) is 0. The number of Topliss-reactive ketones (excluding diaryl/α,β-unsaturated/α-hetero) is 1. The lowest BCUT2D eigenvalue weighted by atomic mass is 9.97. The molecule has 0 bridgehead atoms. The molecular formula is C30H37N3O5. The first-order chi connectivity index (χ1) is 18.4. The van der Waals surface area contributed by atoms with Crippen molar-refractivity contribution >= 4 is 29.5 Å². The van der Waals surface area contributed by atoms with Gasteiger partial charge in [-0.15, -0.1) is 0 Å². The van der Waals surface area contributed by atoms with Crippen LogP contribution in [0.15, 0.2) is 48.0 Å². The van der Waals surface area contributed by atoms with Crippen LogP contribution < -0.4 is 15.0 Å². The number of carbonyl (C=O) groups excluding carboxylic acids is 3. The van der Waals surface area contributed by atoms with E-state index in [0.29, 0.717) is 30.8 Å². The summed E-state index contributed by atoms with van der Waals surface area (Å²) in [5.74, 6) is 0.683. The molecule has 0 spiro atoms. The van der Waals surface area contributed by atoms with Gasteiger partial charge in [0.15, 0.2) is 5.78 Å². The van der Waals surface area contributed by atoms with Crippen LogP contribution in [0.25, 0.3) is 6.08 Å². The molecule has 0 radical (unpaired) electrons. The van der Waals surface area contributed by atoms with Crippen LogP contribution in [-0.4, -0.2) is 68.1 Å². The van der Waals surface area contributed by atoms with Gasteiger partial charge in [0.2, 0.25) is 5.91 Å². The molecule has 1 fully saturated rings. The average molecular weight is 520 g/mol. The molecule has 0 saturated carbocycles. The lowest BCUT2D eigenvalue weighted by molar-refractivity contribution is -0.119. The third-order valence-electron chi connectivity index (χ3n) is 7.07. The van der Waals surface area contributed by atoms with Gasteiger partial charge in [-0.05, 0) is 79.9 Å². The van der Waals surface area contributed by atoms with E-state index in [9.17, 15) is 14.4 Å². The van der Waals surface area contributed by atoms with Crippen molar-refractivity contribution in [3.8, 4) is 5.75 Å². The molecule has 0 aromatic heterocycles. The molecule has 1 saturated heterocycles. The van der Waals surface area contributed by atoms with Gasteiger partial charge >= 0.3 is 6.09 Å². The van der Waals surface area contributed by atoms with Gasteiger partial charge in [0.1, 0.15) is 18.5 Å². The van der Waals surface area contributed by atoms with Crippen molar-refractivity contribution in [1.29, 1.82) is 0 Å². The number of benzene rings is 2. The van der Waals surface area contributed by atoms with E-state index >= 15 is 0 Å². The molecule has 2 aromatic carbocycles. The van der Waals surface area contributed by atoms with E-state index < -0.39 is 12.2 Å². The Morgan fingerprint density at radius 3 is 2.61 bits per heavy atom. The van der Waals surface area contributed by atoms with Crippen molar-refractivity contribution < 1.29 is 23.9 Å². The normalized spacial score (nSPS) is 18.4. The standard InChI is InChI=1S/C30H37N3O5/c1-4-32(5-2)15-16-37-26-12-9-22(10-13-26)17-24-8-6-7-23-18-25(11-14-28(23)29(24)35)33-20-27(38-30(33)36)19-31-21(3)34/h9-14,17-18,27H,4-8,15-16,19-20H2,1-3H3,(H,31,34)/b24-17+/t27-/m0/s1. The van der Waals surface area contributed by atoms with Crippen molar-refractivity contribution in [3.63, 3.8) is 0 Å². The number of carbonyl (C=O) groups is 3. The molecule has 2 amide bonds. The minimum Gasteiger partial charge on any atom is -0.492 e. The molecule has 2 aliphatic rings. The van der Waals surface area contributed by atoms with E-state index in [0.717, 1.165) is 54.9 Å². The third-order valence-corrected chi connectivity index (χ3v) is 7.07. The maximum absolute atomic E-state index is 13.4. The van der Waals surface area contributed by atoms with Gasteiger partial charge in [0, 0.05) is 30.3 Å². The van der Waals surface area contributed by atoms with Crippen molar-refractivity contribution in [2.24, 2.45) is 0 Å². The highest BCUT2D eigenvalue weighted by molar-refractivity contribution is 6.12. The topological polar surface area (TPSA) is 88.2 Å². The van der Waals surface area contributed by atoms with E-state index in [1.165, 1.54) is 6.92 Å². The van der Waals surface area contributed by atoms with Crippen molar-refractivity contribution in [1.82, 2.24) is 10.2 Å². The SMILES string of the molecule is CCN(CC)CCOc1ccc(/C=C2\CCCc3cc(N4C[C@H](CNC(C)=O)OC4=O)ccc3C2=O)cc1. The average Bonchev–Trinajstić information content (AvgIpc) is 3.22. The summed E-state index contributed by atoms with van der Waals surface area (Å²) in [6.45, 7) is 9.91. The number of ketones is 1. The van der Waals surface area contributed by atoms with E-state index in [-0.39, 0.29) is 18.2 Å². The second-order valence-corrected chi connectivity index (χ2v) is 9.69. The number of hydrogen-bond donors (Lipinski definition) is 1. The lowest BCUT2D eigenvalue weighted by Crippen LogP contribution is -2.33. The van der Waals surface area contributed by atoms with Crippen LogP contribution >= 0.6 is 0 Å². The van der Waals surface area contributed by atoms with Crippen LogP contribution in [0.2, 0.25) is 0 Å². The number of likely N-dealkylation sites (N-methyl/N-ethyl adjacent to an activating group) is 1. The zero-order valence-corrected chi connectivity index (χ0v) is 22.5. The highest BCUT2D eigenvalue weighted by Gasteiger charge is 2.33. The summed E-state index contributed by atoms with van der Waals surface area (Å²) in [5, 5.41) is 2.69. The maximum atomic E-state index is 13.4. The monoisotopic (exact) mass is 519 g/mol. The second kappa shape index (κ2) is 12.7. The van der Waals surface area contributed by atoms with Gasteiger partial charge in [-0.1, -0.05) is 26.0 Å². The van der Waals surface area contributed by atoms with Gasteiger partial charge < -0.3 is 19.7 Å². The summed E-state index contributed by atoms with van der Waals surface area (Å²) in [5.41, 5.74) is 4.07. The molecule has 1 atom stereocenters. The molecule has 1 N–H and O–H groups in total. The molecule has 4 rings (SSSR count). The van der Waals surface area contributed by atoms with Crippen LogP contribution in [0.5, 0.6) is 5.75 Å². The molecule has 2 aromatic rings. The zero-order valence-electron chi connectivity index (χ0n) is 22.5. The fourth-order valence-corrected chi connectivity index (χ4v) is 4.86. The van der Waals surface area contributed by atoms with E-state index in [2.05, 4.69) is 24.1 Å². The first-order valence-electron chi connectivity index (χ1n) is 13.4. The fraction of sp³-hybridized carbons (Fsp3) is 0.433. The van der Waals surface area contributed by atoms with Crippen molar-refractivity contribution in [3.05, 3.63) is 64.7 Å². The second-order valence-electron chi connectivity index (χ2n) is 9.69. The predicted octanol–water partition coefficient (Wildman–Crippen LogP) is 4.47. The first-order valence-corrected chi connectivity index (χ1v) is 13.4. The predicted molar refractivity (Wildman–Crippen MR) is 148 cm³/mol. The fourth-order valence-electron chi connectivity index (χ4n) is 4.86. The van der Waals surface area contributed by atoms with E-state index in [4.69, 9.17) is 9.47 Å². The largest absolute Gasteiger partial charge is 0.492 e. The van der Waals surface area contributed by atoms with Gasteiger partial charge in [-0.3, -0.25) is 14.5 Å². The van der Waals surface area contributed by atoms with Gasteiger partial charge in [-0.25, -0.2) is 4.79 Å². The molecule has 1 aliphatic heterocycles. The molecule has 38 heavy (non-hydrogen) atoms. The van der Waals surface area contributed by atoms with Gasteiger partial charge in [0.25, 0.3) is 0 Å². The minimum absolute atomic E-state index is 0.0242. The van der Waals surface area contributed by atoms with E-state index in [1.807, 2.05) is 42.5 Å². The van der Waals surface area contributed by atoms with Gasteiger partial charge in [0.05, 0.1) is 13.1 Å². The minimum atomic E-state index is -0.443. The smallest absolute Gasteiger partial charge is 0.414 e. The molecule has 8 heteroatoms. The number of cyclic esters (lactones) is 1. The number of allylic oxidation sites excluding steroid dienone is 1. The van der Waals surface area contributed by atoms with Crippen LogP contribution in [0.3, 0.4) is 0 Å². The third kappa shape index (κ3) is 6.81. The van der Waals surface area contributed by atoms with Gasteiger partial charge in [-0.2, -0.15) is 0 Å². The van der Waals surface area contributed by atoms with Crippen LogP contribution in [-0.2, 0) is 16.0 Å². The Kier molecular flexibility index (Phi) is 9.18. The summed E-state index contributed by atoms with van der Waals surface area (Å²) in [4.78, 5) is 40.9. The van der Waals surface area contributed by atoms with Crippen molar-refractivity contribution in [2.45, 2.75) is 46.1 Å². The quantitative estimate of drug-likeness (QED) is 0.368. The number of rotatable bonds is 10. The number of amides is 2. The Labute approximate surface area is 224 Å². The summed E-state index contributed by atoms with van der Waals surface area (Å²) < 4.78 is 11.3. The number of ether oxygens (including phenoxy) is 2. The lowest BCUT2D eigenvalue weighted by Gasteiger charge is -2.18. The Hall–Kier alpha value is -3.65.